The Morgan fingerprint density at radius 3 is 2.64 bits per heavy atom. The Labute approximate surface area is 152 Å². The van der Waals surface area contributed by atoms with E-state index in [1.807, 2.05) is 43.3 Å². The van der Waals surface area contributed by atoms with Gasteiger partial charge in [-0.05, 0) is 24.6 Å². The zero-order valence-electron chi connectivity index (χ0n) is 13.9. The Morgan fingerprint density at radius 1 is 1.28 bits per heavy atom. The van der Waals surface area contributed by atoms with Crippen LogP contribution in [-0.2, 0) is 6.54 Å². The van der Waals surface area contributed by atoms with Crippen molar-refractivity contribution >= 4 is 28.5 Å². The lowest BCUT2D eigenvalue weighted by Gasteiger charge is -2.23. The molecule has 25 heavy (non-hydrogen) atoms. The third-order valence-corrected chi connectivity index (χ3v) is 3.59. The lowest BCUT2D eigenvalue weighted by molar-refractivity contribution is 0.214. The van der Waals surface area contributed by atoms with E-state index in [0.29, 0.717) is 13.1 Å². The van der Waals surface area contributed by atoms with Gasteiger partial charge in [-0.3, -0.25) is 15.3 Å². The Hall–Kier alpha value is -2.86. The van der Waals surface area contributed by atoms with Crippen LogP contribution in [0, 0.1) is 5.41 Å². The Morgan fingerprint density at radius 2 is 2.04 bits per heavy atom. The van der Waals surface area contributed by atoms with Gasteiger partial charge in [0.05, 0.1) is 17.6 Å². The number of carbonyl (C=O) groups excluding carboxylic acids is 1. The number of benzene rings is 1. The number of hydrogen-bond donors (Lipinski definition) is 3. The van der Waals surface area contributed by atoms with Crippen LogP contribution in [0.4, 0.5) is 10.5 Å². The summed E-state index contributed by atoms with van der Waals surface area (Å²) < 4.78 is 0. The summed E-state index contributed by atoms with van der Waals surface area (Å²) in [5.41, 5.74) is 2.00. The second kappa shape index (κ2) is 9.44. The van der Waals surface area contributed by atoms with E-state index < -0.39 is 0 Å². The van der Waals surface area contributed by atoms with Gasteiger partial charge in [-0.15, -0.1) is 0 Å². The van der Waals surface area contributed by atoms with Crippen LogP contribution in [0.5, 0.6) is 0 Å². The average Bonchev–Trinajstić information content (AvgIpc) is 2.64. The molecule has 2 rings (SSSR count). The monoisotopic (exact) mass is 357 g/mol. The molecule has 3 N–H and O–H groups in total. The van der Waals surface area contributed by atoms with Crippen molar-refractivity contribution < 1.29 is 4.79 Å². The molecule has 0 saturated heterocycles. The van der Waals surface area contributed by atoms with Crippen molar-refractivity contribution in [3.63, 3.8) is 0 Å². The molecule has 0 spiro atoms. The largest absolute Gasteiger partial charge is 0.358 e. The predicted octanol–water partition coefficient (Wildman–Crippen LogP) is 3.78. The lowest BCUT2D eigenvalue weighted by atomic mass is 10.2. The molecule has 2 aromatic rings. The molecule has 0 atom stereocenters. The van der Waals surface area contributed by atoms with Gasteiger partial charge >= 0.3 is 6.03 Å². The number of halogens is 1. The molecule has 1 aromatic heterocycles. The molecule has 0 saturated carbocycles. The normalized spacial score (nSPS) is 10.9. The van der Waals surface area contributed by atoms with Gasteiger partial charge in [0.15, 0.2) is 0 Å². The van der Waals surface area contributed by atoms with Crippen molar-refractivity contribution in [1.29, 1.82) is 5.41 Å². The summed E-state index contributed by atoms with van der Waals surface area (Å²) in [5.74, 6) is 0. The summed E-state index contributed by atoms with van der Waals surface area (Å²) >= 11 is 5.88. The first-order valence-electron chi connectivity index (χ1n) is 7.82. The van der Waals surface area contributed by atoms with Crippen molar-refractivity contribution in [2.75, 3.05) is 11.9 Å². The molecule has 0 aliphatic rings. The second-order valence-corrected chi connectivity index (χ2v) is 5.50. The van der Waals surface area contributed by atoms with E-state index in [1.165, 1.54) is 11.1 Å². The Kier molecular flexibility index (Phi) is 6.98. The molecular weight excluding hydrogens is 338 g/mol. The van der Waals surface area contributed by atoms with Crippen LogP contribution in [0.25, 0.3) is 0 Å². The minimum Gasteiger partial charge on any atom is -0.358 e. The standard InChI is InChI=1S/C18H20ClN5O/c1-2-24(18(25)23-11-14-7-4-3-5-8-14)16(17(19)20)13-22-15-9-6-10-21-12-15/h3-10,12-13,20,22H,2,11H2,1H3,(H,23,25)/b16-13+,20-17?. The van der Waals surface area contributed by atoms with Gasteiger partial charge in [0.25, 0.3) is 0 Å². The molecule has 7 heteroatoms. The summed E-state index contributed by atoms with van der Waals surface area (Å²) in [6, 6.07) is 12.9. The number of rotatable bonds is 7. The van der Waals surface area contributed by atoms with Crippen molar-refractivity contribution in [1.82, 2.24) is 15.2 Å². The molecule has 1 aromatic carbocycles. The molecule has 0 aliphatic heterocycles. The molecule has 130 valence electrons. The molecule has 0 unspecified atom stereocenters. The second-order valence-electron chi connectivity index (χ2n) is 5.12. The highest BCUT2D eigenvalue weighted by Crippen LogP contribution is 2.12. The first-order chi connectivity index (χ1) is 12.1. The van der Waals surface area contributed by atoms with Gasteiger partial charge in [-0.2, -0.15) is 0 Å². The number of hydrogen-bond acceptors (Lipinski definition) is 4. The number of amides is 2. The molecule has 0 radical (unpaired) electrons. The van der Waals surface area contributed by atoms with Crippen molar-refractivity contribution in [2.45, 2.75) is 13.5 Å². The van der Waals surface area contributed by atoms with E-state index in [2.05, 4.69) is 15.6 Å². The molecule has 6 nitrogen and oxygen atoms in total. The summed E-state index contributed by atoms with van der Waals surface area (Å²) in [6.45, 7) is 2.59. The fourth-order valence-corrected chi connectivity index (χ4v) is 2.31. The fraction of sp³-hybridized carbons (Fsp3) is 0.167. The highest BCUT2D eigenvalue weighted by Gasteiger charge is 2.18. The topological polar surface area (TPSA) is 81.1 Å². The van der Waals surface area contributed by atoms with Crippen LogP contribution in [0.3, 0.4) is 0 Å². The van der Waals surface area contributed by atoms with Gasteiger partial charge in [0.1, 0.15) is 5.17 Å². The number of nitrogens with zero attached hydrogens (tertiary/aromatic N) is 2. The smallest absolute Gasteiger partial charge is 0.322 e. The Balaban J connectivity index is 2.07. The zero-order valence-corrected chi connectivity index (χ0v) is 14.6. The molecule has 0 aliphatic carbocycles. The van der Waals surface area contributed by atoms with E-state index in [0.717, 1.165) is 11.3 Å². The van der Waals surface area contributed by atoms with Gasteiger partial charge in [0, 0.05) is 25.5 Å². The van der Waals surface area contributed by atoms with Crippen molar-refractivity contribution in [3.05, 3.63) is 72.3 Å². The minimum absolute atomic E-state index is 0.229. The average molecular weight is 358 g/mol. The van der Waals surface area contributed by atoms with Crippen LogP contribution in [0.2, 0.25) is 0 Å². The summed E-state index contributed by atoms with van der Waals surface area (Å²) in [5, 5.41) is 13.4. The first kappa shape index (κ1) is 18.5. The van der Waals surface area contributed by atoms with Crippen molar-refractivity contribution in [3.8, 4) is 0 Å². The van der Waals surface area contributed by atoms with E-state index in [1.54, 1.807) is 18.5 Å². The number of carbonyl (C=O) groups is 1. The number of nitrogens with one attached hydrogen (secondary N) is 3. The zero-order chi connectivity index (χ0) is 18.1. The van der Waals surface area contributed by atoms with Crippen LogP contribution in [0.15, 0.2) is 66.8 Å². The summed E-state index contributed by atoms with van der Waals surface area (Å²) in [4.78, 5) is 17.9. The molecular formula is C18H20ClN5O. The van der Waals surface area contributed by atoms with Crippen LogP contribution >= 0.6 is 11.6 Å². The molecule has 2 amide bonds. The third kappa shape index (κ3) is 5.61. The Bertz CT molecular complexity index is 734. The lowest BCUT2D eigenvalue weighted by Crippen LogP contribution is -2.40. The number of anilines is 1. The summed E-state index contributed by atoms with van der Waals surface area (Å²) in [7, 11) is 0. The molecule has 0 bridgehead atoms. The van der Waals surface area contributed by atoms with Gasteiger partial charge < -0.3 is 10.6 Å². The van der Waals surface area contributed by atoms with E-state index >= 15 is 0 Å². The number of pyridine rings is 1. The van der Waals surface area contributed by atoms with Crippen LogP contribution in [-0.4, -0.2) is 27.6 Å². The maximum absolute atomic E-state index is 12.5. The van der Waals surface area contributed by atoms with E-state index in [4.69, 9.17) is 17.0 Å². The fourth-order valence-electron chi connectivity index (χ4n) is 2.15. The first-order valence-corrected chi connectivity index (χ1v) is 8.20. The number of allylic oxidation sites excluding steroid dienone is 1. The van der Waals surface area contributed by atoms with Gasteiger partial charge in [-0.25, -0.2) is 4.79 Å². The minimum atomic E-state index is -0.323. The van der Waals surface area contributed by atoms with Crippen LogP contribution < -0.4 is 10.6 Å². The highest BCUT2D eigenvalue weighted by atomic mass is 35.5. The third-order valence-electron chi connectivity index (χ3n) is 3.40. The maximum atomic E-state index is 12.5. The van der Waals surface area contributed by atoms with E-state index in [-0.39, 0.29) is 16.9 Å². The van der Waals surface area contributed by atoms with Crippen LogP contribution in [0.1, 0.15) is 12.5 Å². The van der Waals surface area contributed by atoms with Gasteiger partial charge in [-0.1, -0.05) is 41.9 Å². The number of aromatic nitrogens is 1. The quantitative estimate of drug-likeness (QED) is 0.659. The number of urea groups is 1. The molecule has 1 heterocycles. The summed E-state index contributed by atoms with van der Waals surface area (Å²) in [6.07, 6.45) is 4.82. The SMILES string of the molecule is CCN(C(=O)NCc1ccccc1)/C(=C/Nc1cccnc1)C(=N)Cl. The predicted molar refractivity (Wildman–Crippen MR) is 101 cm³/mol. The highest BCUT2D eigenvalue weighted by molar-refractivity contribution is 6.68. The van der Waals surface area contributed by atoms with Gasteiger partial charge in [0.2, 0.25) is 0 Å². The maximum Gasteiger partial charge on any atom is 0.322 e. The molecule has 0 fully saturated rings. The van der Waals surface area contributed by atoms with E-state index in [9.17, 15) is 4.79 Å². The van der Waals surface area contributed by atoms with Crippen molar-refractivity contribution in [2.24, 2.45) is 0 Å².